The summed E-state index contributed by atoms with van der Waals surface area (Å²) in [5.74, 6) is -0.809. The van der Waals surface area contributed by atoms with Crippen molar-refractivity contribution >= 4 is 23.2 Å². The van der Waals surface area contributed by atoms with Crippen molar-refractivity contribution in [2.75, 3.05) is 6.54 Å². The van der Waals surface area contributed by atoms with Gasteiger partial charge in [0.05, 0.1) is 4.88 Å². The zero-order chi connectivity index (χ0) is 15.2. The van der Waals surface area contributed by atoms with E-state index in [0.717, 1.165) is 17.7 Å². The zero-order valence-corrected chi connectivity index (χ0v) is 13.2. The molecule has 0 radical (unpaired) electrons. The van der Waals surface area contributed by atoms with Crippen LogP contribution < -0.4 is 5.32 Å². The number of carboxylic acid groups (broad SMARTS) is 1. The molecule has 0 aliphatic carbocycles. The molecule has 5 heteroatoms. The van der Waals surface area contributed by atoms with Gasteiger partial charge < -0.3 is 10.4 Å². The van der Waals surface area contributed by atoms with Crippen LogP contribution in [-0.2, 0) is 11.2 Å². The minimum atomic E-state index is -0.771. The summed E-state index contributed by atoms with van der Waals surface area (Å²) in [7, 11) is 0. The molecule has 0 saturated heterocycles. The number of thiophene rings is 1. The number of aliphatic carboxylic acids is 1. The summed E-state index contributed by atoms with van der Waals surface area (Å²) >= 11 is 1.52. The molecule has 0 bridgehead atoms. The van der Waals surface area contributed by atoms with E-state index in [1.54, 1.807) is 0 Å². The monoisotopic (exact) mass is 297 g/mol. The van der Waals surface area contributed by atoms with Gasteiger partial charge in [-0.2, -0.15) is 0 Å². The van der Waals surface area contributed by atoms with Gasteiger partial charge in [-0.1, -0.05) is 20.8 Å². The molecule has 0 atom stereocenters. The number of rotatable bonds is 8. The van der Waals surface area contributed by atoms with Gasteiger partial charge in [0.15, 0.2) is 0 Å². The Morgan fingerprint density at radius 2 is 2.00 bits per heavy atom. The van der Waals surface area contributed by atoms with Gasteiger partial charge in [-0.05, 0) is 36.8 Å². The van der Waals surface area contributed by atoms with Crippen LogP contribution in [0.3, 0.4) is 0 Å². The third-order valence-corrected chi connectivity index (χ3v) is 4.57. The van der Waals surface area contributed by atoms with Crippen LogP contribution in [0.4, 0.5) is 0 Å². The van der Waals surface area contributed by atoms with E-state index in [1.165, 1.54) is 16.2 Å². The molecule has 0 aromatic carbocycles. The lowest BCUT2D eigenvalue weighted by molar-refractivity contribution is -0.137. The summed E-state index contributed by atoms with van der Waals surface area (Å²) in [6, 6.07) is 3.84. The number of carbonyl (C=O) groups is 2. The van der Waals surface area contributed by atoms with E-state index < -0.39 is 5.97 Å². The average molecular weight is 297 g/mol. The second kappa shape index (κ2) is 7.43. The fourth-order valence-corrected chi connectivity index (χ4v) is 2.73. The minimum Gasteiger partial charge on any atom is -0.481 e. The summed E-state index contributed by atoms with van der Waals surface area (Å²) < 4.78 is 0. The van der Waals surface area contributed by atoms with Crippen LogP contribution in [0.2, 0.25) is 0 Å². The largest absolute Gasteiger partial charge is 0.481 e. The van der Waals surface area contributed by atoms with Crippen LogP contribution in [0.1, 0.15) is 54.6 Å². The molecular weight excluding hydrogens is 274 g/mol. The van der Waals surface area contributed by atoms with E-state index in [2.05, 4.69) is 12.2 Å². The Kier molecular flexibility index (Phi) is 6.20. The van der Waals surface area contributed by atoms with Crippen molar-refractivity contribution in [3.05, 3.63) is 21.9 Å². The van der Waals surface area contributed by atoms with Gasteiger partial charge in [0.1, 0.15) is 0 Å². The fourth-order valence-electron chi connectivity index (χ4n) is 1.86. The standard InChI is InChI=1S/C15H23NO3S/c1-4-11-5-6-12(20-11)14(19)16-10-9-15(2,3)8-7-13(17)18/h5-6H,4,7-10H2,1-3H3,(H,16,19)(H,17,18). The van der Waals surface area contributed by atoms with E-state index in [-0.39, 0.29) is 17.7 Å². The quantitative estimate of drug-likeness (QED) is 0.773. The van der Waals surface area contributed by atoms with Crippen LogP contribution in [0.15, 0.2) is 12.1 Å². The highest BCUT2D eigenvalue weighted by Gasteiger charge is 2.19. The number of hydrogen-bond acceptors (Lipinski definition) is 3. The summed E-state index contributed by atoms with van der Waals surface area (Å²) in [5, 5.41) is 11.6. The third kappa shape index (κ3) is 5.74. The molecule has 1 aromatic heterocycles. The molecule has 1 rings (SSSR count). The second-order valence-electron chi connectivity index (χ2n) is 5.68. The maximum Gasteiger partial charge on any atom is 0.303 e. The van der Waals surface area contributed by atoms with Crippen molar-refractivity contribution in [3.8, 4) is 0 Å². The Hall–Kier alpha value is -1.36. The molecule has 0 aliphatic heterocycles. The molecule has 0 aliphatic rings. The van der Waals surface area contributed by atoms with Gasteiger partial charge >= 0.3 is 5.97 Å². The molecule has 2 N–H and O–H groups in total. The van der Waals surface area contributed by atoms with Crippen LogP contribution >= 0.6 is 11.3 Å². The summed E-state index contributed by atoms with van der Waals surface area (Å²) in [4.78, 5) is 24.5. The van der Waals surface area contributed by atoms with Crippen LogP contribution in [0, 0.1) is 5.41 Å². The Morgan fingerprint density at radius 1 is 1.30 bits per heavy atom. The highest BCUT2D eigenvalue weighted by Crippen LogP contribution is 2.26. The topological polar surface area (TPSA) is 66.4 Å². The van der Waals surface area contributed by atoms with Crippen molar-refractivity contribution in [1.82, 2.24) is 5.32 Å². The molecule has 0 unspecified atom stereocenters. The van der Waals surface area contributed by atoms with Gasteiger partial charge in [-0.25, -0.2) is 0 Å². The van der Waals surface area contributed by atoms with Crippen molar-refractivity contribution in [3.63, 3.8) is 0 Å². The third-order valence-electron chi connectivity index (χ3n) is 3.34. The number of amides is 1. The number of carboxylic acids is 1. The van der Waals surface area contributed by atoms with Gasteiger partial charge in [0, 0.05) is 17.8 Å². The molecule has 1 amide bonds. The predicted molar refractivity (Wildman–Crippen MR) is 81.3 cm³/mol. The molecule has 4 nitrogen and oxygen atoms in total. The van der Waals surface area contributed by atoms with Crippen molar-refractivity contribution < 1.29 is 14.7 Å². The lowest BCUT2D eigenvalue weighted by Crippen LogP contribution is -2.27. The number of nitrogens with one attached hydrogen (secondary N) is 1. The number of hydrogen-bond donors (Lipinski definition) is 2. The highest BCUT2D eigenvalue weighted by atomic mass is 32.1. The van der Waals surface area contributed by atoms with Gasteiger partial charge in [0.2, 0.25) is 0 Å². The first-order chi connectivity index (χ1) is 9.34. The second-order valence-corrected chi connectivity index (χ2v) is 6.85. The lowest BCUT2D eigenvalue weighted by Gasteiger charge is -2.23. The lowest BCUT2D eigenvalue weighted by atomic mass is 9.84. The Balaban J connectivity index is 2.35. The molecule has 0 spiro atoms. The summed E-state index contributed by atoms with van der Waals surface area (Å²) in [5.41, 5.74) is -0.0737. The molecular formula is C15H23NO3S. The zero-order valence-electron chi connectivity index (χ0n) is 12.4. The van der Waals surface area contributed by atoms with E-state index in [4.69, 9.17) is 5.11 Å². The minimum absolute atomic E-state index is 0.0382. The van der Waals surface area contributed by atoms with Crippen molar-refractivity contribution in [1.29, 1.82) is 0 Å². The fraction of sp³-hybridized carbons (Fsp3) is 0.600. The van der Waals surface area contributed by atoms with Gasteiger partial charge in [-0.15, -0.1) is 11.3 Å². The Bertz CT molecular complexity index is 465. The molecule has 1 aromatic rings. The number of carbonyl (C=O) groups excluding carboxylic acids is 1. The van der Waals surface area contributed by atoms with Crippen LogP contribution in [0.5, 0.6) is 0 Å². The van der Waals surface area contributed by atoms with E-state index in [1.807, 2.05) is 26.0 Å². The maximum atomic E-state index is 11.9. The highest BCUT2D eigenvalue weighted by molar-refractivity contribution is 7.14. The van der Waals surface area contributed by atoms with Gasteiger partial charge in [-0.3, -0.25) is 9.59 Å². The number of aryl methyl sites for hydroxylation is 1. The van der Waals surface area contributed by atoms with Crippen LogP contribution in [-0.4, -0.2) is 23.5 Å². The smallest absolute Gasteiger partial charge is 0.303 e. The SMILES string of the molecule is CCc1ccc(C(=O)NCCC(C)(C)CCC(=O)O)s1. The normalized spacial score (nSPS) is 11.3. The summed E-state index contributed by atoms with van der Waals surface area (Å²) in [6.07, 6.45) is 2.51. The molecule has 20 heavy (non-hydrogen) atoms. The molecule has 0 saturated carbocycles. The van der Waals surface area contributed by atoms with Crippen molar-refractivity contribution in [2.45, 2.75) is 46.5 Å². The van der Waals surface area contributed by atoms with Gasteiger partial charge in [0.25, 0.3) is 5.91 Å². The molecule has 112 valence electrons. The van der Waals surface area contributed by atoms with E-state index >= 15 is 0 Å². The molecule has 0 fully saturated rings. The van der Waals surface area contributed by atoms with E-state index in [0.29, 0.717) is 13.0 Å². The Labute approximate surface area is 124 Å². The van der Waals surface area contributed by atoms with Crippen molar-refractivity contribution in [2.24, 2.45) is 5.41 Å². The summed E-state index contributed by atoms with van der Waals surface area (Å²) in [6.45, 7) is 6.70. The predicted octanol–water partition coefficient (Wildman–Crippen LogP) is 3.32. The average Bonchev–Trinajstić information content (AvgIpc) is 2.85. The Morgan fingerprint density at radius 3 is 2.55 bits per heavy atom. The first kappa shape index (κ1) is 16.7. The molecule has 1 heterocycles. The first-order valence-corrected chi connectivity index (χ1v) is 7.74. The first-order valence-electron chi connectivity index (χ1n) is 6.93. The van der Waals surface area contributed by atoms with Crippen LogP contribution in [0.25, 0.3) is 0 Å². The van der Waals surface area contributed by atoms with E-state index in [9.17, 15) is 9.59 Å². The maximum absolute atomic E-state index is 11.9.